The van der Waals surface area contributed by atoms with Crippen molar-refractivity contribution in [1.82, 2.24) is 9.97 Å². The zero-order chi connectivity index (χ0) is 24.7. The van der Waals surface area contributed by atoms with Crippen LogP contribution in [-0.2, 0) is 12.8 Å². The Morgan fingerprint density at radius 2 is 0.972 bits per heavy atom. The lowest BCUT2D eigenvalue weighted by Gasteiger charge is -2.06. The van der Waals surface area contributed by atoms with Crippen molar-refractivity contribution in [2.24, 2.45) is 10.2 Å². The number of benzene rings is 2. The van der Waals surface area contributed by atoms with Crippen LogP contribution in [0.2, 0.25) is 0 Å². The lowest BCUT2D eigenvalue weighted by molar-refractivity contribution is 0.307. The third-order valence-electron chi connectivity index (χ3n) is 5.66. The number of azo groups is 1. The van der Waals surface area contributed by atoms with Crippen molar-refractivity contribution in [2.75, 3.05) is 13.2 Å². The average Bonchev–Trinajstić information content (AvgIpc) is 2.94. The van der Waals surface area contributed by atoms with E-state index < -0.39 is 0 Å². The molecule has 0 aliphatic carbocycles. The molecule has 184 valence electrons. The van der Waals surface area contributed by atoms with Gasteiger partial charge < -0.3 is 9.47 Å². The molecule has 0 aliphatic rings. The molecule has 2 heterocycles. The van der Waals surface area contributed by atoms with E-state index in [1.807, 2.05) is 73.1 Å². The second-order valence-corrected chi connectivity index (χ2v) is 8.52. The largest absolute Gasteiger partial charge is 0.494 e. The fraction of sp³-hybridized carbons (Fsp3) is 0.267. The van der Waals surface area contributed by atoms with E-state index in [1.54, 1.807) is 12.4 Å². The molecule has 0 saturated heterocycles. The molecule has 0 unspecified atom stereocenters. The van der Waals surface area contributed by atoms with Crippen LogP contribution in [0, 0.1) is 0 Å². The molecule has 0 atom stereocenters. The first-order valence-electron chi connectivity index (χ1n) is 12.5. The number of aromatic nitrogens is 2. The third kappa shape index (κ3) is 8.95. The summed E-state index contributed by atoms with van der Waals surface area (Å²) in [6.07, 6.45) is 13.7. The first-order chi connectivity index (χ1) is 17.8. The van der Waals surface area contributed by atoms with Crippen LogP contribution in [-0.4, -0.2) is 23.2 Å². The summed E-state index contributed by atoms with van der Waals surface area (Å²) in [5.41, 5.74) is 4.10. The summed E-state index contributed by atoms with van der Waals surface area (Å²) in [7, 11) is 0. The molecule has 0 bridgehead atoms. The van der Waals surface area contributed by atoms with Crippen molar-refractivity contribution in [2.45, 2.75) is 38.5 Å². The normalized spacial score (nSPS) is 11.0. The summed E-state index contributed by atoms with van der Waals surface area (Å²) in [5, 5.41) is 8.65. The molecule has 0 saturated carbocycles. The summed E-state index contributed by atoms with van der Waals surface area (Å²) in [5.74, 6) is 1.69. The van der Waals surface area contributed by atoms with Gasteiger partial charge in [0.1, 0.15) is 11.5 Å². The van der Waals surface area contributed by atoms with E-state index in [0.717, 1.165) is 61.4 Å². The van der Waals surface area contributed by atoms with Gasteiger partial charge in [0.15, 0.2) is 0 Å². The minimum absolute atomic E-state index is 0.694. The number of hydrogen-bond donors (Lipinski definition) is 0. The number of nitrogens with zero attached hydrogens (tertiary/aromatic N) is 4. The lowest BCUT2D eigenvalue weighted by Crippen LogP contribution is -1.98. The Morgan fingerprint density at radius 1 is 0.528 bits per heavy atom. The molecule has 4 aromatic rings. The molecule has 4 rings (SSSR count). The van der Waals surface area contributed by atoms with E-state index in [4.69, 9.17) is 9.47 Å². The summed E-state index contributed by atoms with van der Waals surface area (Å²) >= 11 is 0. The van der Waals surface area contributed by atoms with Crippen molar-refractivity contribution in [3.8, 4) is 11.5 Å². The number of ether oxygens (including phenoxy) is 2. The van der Waals surface area contributed by atoms with Gasteiger partial charge in [0, 0.05) is 24.8 Å². The van der Waals surface area contributed by atoms with Crippen LogP contribution in [0.4, 0.5) is 11.4 Å². The van der Waals surface area contributed by atoms with Crippen LogP contribution in [0.15, 0.2) is 108 Å². The minimum atomic E-state index is 0.694. The van der Waals surface area contributed by atoms with Crippen molar-refractivity contribution < 1.29 is 9.47 Å². The van der Waals surface area contributed by atoms with Gasteiger partial charge in [-0.15, -0.1) is 0 Å². The van der Waals surface area contributed by atoms with Gasteiger partial charge in [0.05, 0.1) is 24.6 Å². The number of aryl methyl sites for hydroxylation is 2. The monoisotopic (exact) mass is 480 g/mol. The van der Waals surface area contributed by atoms with Crippen LogP contribution in [0.25, 0.3) is 0 Å². The summed E-state index contributed by atoms with van der Waals surface area (Å²) < 4.78 is 11.7. The Labute approximate surface area is 213 Å². The van der Waals surface area contributed by atoms with Crippen LogP contribution >= 0.6 is 0 Å². The van der Waals surface area contributed by atoms with Crippen LogP contribution in [0.3, 0.4) is 0 Å². The van der Waals surface area contributed by atoms with Gasteiger partial charge >= 0.3 is 0 Å². The maximum Gasteiger partial charge on any atom is 0.119 e. The molecule has 36 heavy (non-hydrogen) atoms. The number of unbranched alkanes of at least 4 members (excludes halogenated alkanes) is 2. The molecular formula is C30H32N4O2. The predicted molar refractivity (Wildman–Crippen MR) is 142 cm³/mol. The van der Waals surface area contributed by atoms with Gasteiger partial charge in [-0.25, -0.2) is 0 Å². The number of hydrogen-bond acceptors (Lipinski definition) is 6. The molecule has 0 spiro atoms. The summed E-state index contributed by atoms with van der Waals surface area (Å²) in [6.45, 7) is 1.39. The Hall–Kier alpha value is -4.06. The topological polar surface area (TPSA) is 69.0 Å². The smallest absolute Gasteiger partial charge is 0.119 e. The highest BCUT2D eigenvalue weighted by Gasteiger charge is 1.99. The van der Waals surface area contributed by atoms with E-state index in [9.17, 15) is 0 Å². The van der Waals surface area contributed by atoms with Crippen LogP contribution in [0.5, 0.6) is 11.5 Å². The quantitative estimate of drug-likeness (QED) is 0.137. The Kier molecular flexibility index (Phi) is 9.99. The SMILES string of the molecule is c1cncc(CCCCOc2ccc(N=Nc3ccc(OCCCCc4cccnc4)cc3)cc2)c1. The van der Waals surface area contributed by atoms with Crippen LogP contribution in [0.1, 0.15) is 36.8 Å². The Morgan fingerprint density at radius 3 is 1.36 bits per heavy atom. The highest BCUT2D eigenvalue weighted by Crippen LogP contribution is 2.23. The van der Waals surface area contributed by atoms with Gasteiger partial charge in [-0.1, -0.05) is 12.1 Å². The zero-order valence-corrected chi connectivity index (χ0v) is 20.5. The van der Waals surface area contributed by atoms with E-state index in [2.05, 4.69) is 32.3 Å². The van der Waals surface area contributed by atoms with E-state index >= 15 is 0 Å². The van der Waals surface area contributed by atoms with Gasteiger partial charge in [-0.3, -0.25) is 9.97 Å². The average molecular weight is 481 g/mol. The minimum Gasteiger partial charge on any atom is -0.494 e. The van der Waals surface area contributed by atoms with Crippen LogP contribution < -0.4 is 9.47 Å². The summed E-state index contributed by atoms with van der Waals surface area (Å²) in [4.78, 5) is 8.29. The lowest BCUT2D eigenvalue weighted by atomic mass is 10.1. The van der Waals surface area contributed by atoms with Gasteiger partial charge in [-0.2, -0.15) is 10.2 Å². The van der Waals surface area contributed by atoms with Crippen molar-refractivity contribution in [3.05, 3.63) is 109 Å². The zero-order valence-electron chi connectivity index (χ0n) is 20.5. The fourth-order valence-electron chi connectivity index (χ4n) is 3.67. The first-order valence-corrected chi connectivity index (χ1v) is 12.5. The summed E-state index contributed by atoms with van der Waals surface area (Å²) in [6, 6.07) is 23.5. The molecule has 6 heteroatoms. The maximum absolute atomic E-state index is 5.84. The molecule has 0 aliphatic heterocycles. The molecule has 2 aromatic heterocycles. The predicted octanol–water partition coefficient (Wildman–Crippen LogP) is 7.70. The Bertz CT molecular complexity index is 1070. The number of rotatable bonds is 14. The third-order valence-corrected chi connectivity index (χ3v) is 5.66. The van der Waals surface area contributed by atoms with Gasteiger partial charge in [-0.05, 0) is 110 Å². The standard InChI is InChI=1S/C30H32N4O2/c1(7-25-9-5-19-31-23-25)3-21-35-29-15-11-27(12-16-29)33-34-28-13-17-30(18-14-28)36-22-4-2-8-26-10-6-20-32-24-26/h5-6,9-20,23-24H,1-4,7-8,21-22H2. The second kappa shape index (κ2) is 14.4. The molecular weight excluding hydrogens is 448 g/mol. The van der Waals surface area contributed by atoms with Gasteiger partial charge in [0.25, 0.3) is 0 Å². The fourth-order valence-corrected chi connectivity index (χ4v) is 3.67. The first kappa shape index (κ1) is 25.0. The van der Waals surface area contributed by atoms with E-state index in [-0.39, 0.29) is 0 Å². The van der Waals surface area contributed by atoms with E-state index in [0.29, 0.717) is 13.2 Å². The molecule has 2 aromatic carbocycles. The van der Waals surface area contributed by atoms with Crippen molar-refractivity contribution >= 4 is 11.4 Å². The second-order valence-electron chi connectivity index (χ2n) is 8.52. The van der Waals surface area contributed by atoms with E-state index in [1.165, 1.54) is 11.1 Å². The molecule has 0 amide bonds. The molecule has 6 nitrogen and oxygen atoms in total. The highest BCUT2D eigenvalue weighted by molar-refractivity contribution is 5.44. The molecule has 0 N–H and O–H groups in total. The molecule has 0 fully saturated rings. The van der Waals surface area contributed by atoms with Crippen molar-refractivity contribution in [3.63, 3.8) is 0 Å². The maximum atomic E-state index is 5.84. The van der Waals surface area contributed by atoms with Gasteiger partial charge in [0.2, 0.25) is 0 Å². The van der Waals surface area contributed by atoms with Crippen molar-refractivity contribution in [1.29, 1.82) is 0 Å². The Balaban J connectivity index is 1.12. The highest BCUT2D eigenvalue weighted by atomic mass is 16.5. The molecule has 0 radical (unpaired) electrons. The number of pyridine rings is 2.